The number of hydrogen-bond acceptors (Lipinski definition) is 7. The molecule has 4 heterocycles. The molecule has 38 heavy (non-hydrogen) atoms. The topological polar surface area (TPSA) is 124 Å². The Morgan fingerprint density at radius 1 is 1.13 bits per heavy atom. The summed E-state index contributed by atoms with van der Waals surface area (Å²) >= 11 is 0. The van der Waals surface area contributed by atoms with Gasteiger partial charge in [-0.1, -0.05) is 0 Å². The zero-order valence-corrected chi connectivity index (χ0v) is 21.2. The van der Waals surface area contributed by atoms with E-state index in [-0.39, 0.29) is 30.2 Å². The average molecular weight is 535 g/mol. The highest BCUT2D eigenvalue weighted by Crippen LogP contribution is 2.35. The number of amides is 2. The van der Waals surface area contributed by atoms with Crippen LogP contribution in [0, 0.1) is 0 Å². The molecular formula is C25H29F3N6O4. The van der Waals surface area contributed by atoms with Gasteiger partial charge in [0.25, 0.3) is 5.91 Å². The van der Waals surface area contributed by atoms with Crippen molar-refractivity contribution >= 4 is 29.3 Å². The maximum atomic E-state index is 13.2. The lowest BCUT2D eigenvalue weighted by Gasteiger charge is -2.33. The molecule has 0 saturated carbocycles. The first kappa shape index (κ1) is 27.2. The van der Waals surface area contributed by atoms with Crippen LogP contribution in [0.4, 0.5) is 29.6 Å². The van der Waals surface area contributed by atoms with Crippen molar-refractivity contribution in [3.05, 3.63) is 42.4 Å². The van der Waals surface area contributed by atoms with Crippen LogP contribution < -0.4 is 11.1 Å². The summed E-state index contributed by atoms with van der Waals surface area (Å²) in [6, 6.07) is 4.16. The number of likely N-dealkylation sites (tertiary alicyclic amines) is 1. The van der Waals surface area contributed by atoms with Crippen molar-refractivity contribution in [2.75, 3.05) is 30.7 Å². The summed E-state index contributed by atoms with van der Waals surface area (Å²) in [5.74, 6) is -0.728. The second kappa shape index (κ2) is 10.5. The molecule has 1 aliphatic rings. The quantitative estimate of drug-likeness (QED) is 0.499. The summed E-state index contributed by atoms with van der Waals surface area (Å²) < 4.78 is 52.3. The first-order valence-electron chi connectivity index (χ1n) is 12.0. The van der Waals surface area contributed by atoms with E-state index < -0.39 is 29.1 Å². The fraction of sp³-hybridized carbons (Fsp3) is 0.440. The highest BCUT2D eigenvalue weighted by atomic mass is 19.4. The minimum Gasteiger partial charge on any atom is -0.444 e. The maximum absolute atomic E-state index is 13.2. The molecule has 1 aliphatic heterocycles. The van der Waals surface area contributed by atoms with Crippen LogP contribution in [0.5, 0.6) is 0 Å². The van der Waals surface area contributed by atoms with E-state index in [1.54, 1.807) is 33.8 Å². The number of carbonyl (C=O) groups excluding carboxylic acids is 2. The van der Waals surface area contributed by atoms with Gasteiger partial charge in [0, 0.05) is 36.6 Å². The molecular weight excluding hydrogens is 505 g/mol. The van der Waals surface area contributed by atoms with Crippen LogP contribution in [0.3, 0.4) is 0 Å². The van der Waals surface area contributed by atoms with E-state index in [4.69, 9.17) is 15.2 Å². The number of fused-ring (bicyclic) bond motifs is 1. The fourth-order valence-corrected chi connectivity index (χ4v) is 3.99. The summed E-state index contributed by atoms with van der Waals surface area (Å²) in [5.41, 5.74) is 5.00. The molecule has 4 rings (SSSR count). The third-order valence-electron chi connectivity index (χ3n) is 5.82. The number of rotatable bonds is 5. The third kappa shape index (κ3) is 6.71. The molecule has 2 amide bonds. The predicted molar refractivity (Wildman–Crippen MR) is 133 cm³/mol. The molecule has 0 spiro atoms. The van der Waals surface area contributed by atoms with Crippen LogP contribution >= 0.6 is 0 Å². The van der Waals surface area contributed by atoms with Crippen LogP contribution in [0.1, 0.15) is 39.2 Å². The van der Waals surface area contributed by atoms with Gasteiger partial charge in [-0.05, 0) is 51.8 Å². The fourth-order valence-electron chi connectivity index (χ4n) is 3.99. The SMILES string of the molecule is CC(C)(C)OC(=O)N1CCC(OCC(=O)Nc2cn3cc(-c4cnc(N)c(C(F)(F)F)c4)ccc3n2)CC1. The molecule has 1 fully saturated rings. The predicted octanol–water partition coefficient (Wildman–Crippen LogP) is 4.35. The van der Waals surface area contributed by atoms with Gasteiger partial charge in [0.15, 0.2) is 5.82 Å². The van der Waals surface area contributed by atoms with E-state index in [1.807, 2.05) is 20.8 Å². The van der Waals surface area contributed by atoms with Crippen molar-refractivity contribution in [2.45, 2.75) is 51.5 Å². The molecule has 0 bridgehead atoms. The molecule has 3 aromatic rings. The van der Waals surface area contributed by atoms with Crippen LogP contribution in [-0.2, 0) is 20.4 Å². The van der Waals surface area contributed by atoms with E-state index >= 15 is 0 Å². The van der Waals surface area contributed by atoms with E-state index in [1.165, 1.54) is 6.20 Å². The van der Waals surface area contributed by atoms with Crippen molar-refractivity contribution in [1.82, 2.24) is 19.3 Å². The van der Waals surface area contributed by atoms with Crippen LogP contribution in [0.15, 0.2) is 36.8 Å². The van der Waals surface area contributed by atoms with Crippen molar-refractivity contribution in [2.24, 2.45) is 0 Å². The van der Waals surface area contributed by atoms with E-state index in [0.717, 1.165) is 6.07 Å². The number of anilines is 2. The molecule has 0 unspecified atom stereocenters. The monoisotopic (exact) mass is 534 g/mol. The Balaban J connectivity index is 1.32. The van der Waals surface area contributed by atoms with Crippen LogP contribution in [0.2, 0.25) is 0 Å². The number of nitrogens with two attached hydrogens (primary N) is 1. The second-order valence-electron chi connectivity index (χ2n) is 9.99. The zero-order chi connectivity index (χ0) is 27.7. The lowest BCUT2D eigenvalue weighted by atomic mass is 10.1. The van der Waals surface area contributed by atoms with Gasteiger partial charge in [0.2, 0.25) is 0 Å². The number of imidazole rings is 1. The van der Waals surface area contributed by atoms with E-state index in [2.05, 4.69) is 15.3 Å². The molecule has 0 aromatic carbocycles. The molecule has 0 radical (unpaired) electrons. The normalized spacial score (nSPS) is 15.1. The lowest BCUT2D eigenvalue weighted by Crippen LogP contribution is -2.43. The van der Waals surface area contributed by atoms with Crippen molar-refractivity contribution in [3.8, 4) is 11.1 Å². The number of nitrogens with one attached hydrogen (secondary N) is 1. The Morgan fingerprint density at radius 2 is 1.84 bits per heavy atom. The summed E-state index contributed by atoms with van der Waals surface area (Å²) in [5, 5.41) is 2.66. The highest BCUT2D eigenvalue weighted by molar-refractivity contribution is 5.91. The van der Waals surface area contributed by atoms with Crippen molar-refractivity contribution in [3.63, 3.8) is 0 Å². The number of nitrogens with zero attached hydrogens (tertiary/aromatic N) is 4. The Bertz CT molecular complexity index is 1330. The van der Waals surface area contributed by atoms with Gasteiger partial charge in [-0.25, -0.2) is 14.8 Å². The molecule has 0 aliphatic carbocycles. The summed E-state index contributed by atoms with van der Waals surface area (Å²) in [6.45, 7) is 6.20. The van der Waals surface area contributed by atoms with Crippen LogP contribution in [0.25, 0.3) is 16.8 Å². The number of aromatic nitrogens is 3. The van der Waals surface area contributed by atoms with Crippen molar-refractivity contribution in [1.29, 1.82) is 0 Å². The number of pyridine rings is 2. The van der Waals surface area contributed by atoms with E-state index in [9.17, 15) is 22.8 Å². The van der Waals surface area contributed by atoms with Gasteiger partial charge in [0.05, 0.1) is 17.9 Å². The molecule has 3 aromatic heterocycles. The summed E-state index contributed by atoms with van der Waals surface area (Å²) in [6.07, 6.45) is 0.405. The Kier molecular flexibility index (Phi) is 7.49. The number of piperidine rings is 1. The lowest BCUT2D eigenvalue weighted by molar-refractivity contribution is -0.137. The number of nitrogen functional groups attached to an aromatic ring is 1. The van der Waals surface area contributed by atoms with Crippen molar-refractivity contribution < 1.29 is 32.2 Å². The number of hydrogen-bond donors (Lipinski definition) is 2. The minimum atomic E-state index is -4.62. The van der Waals surface area contributed by atoms with Gasteiger partial charge < -0.3 is 29.8 Å². The first-order chi connectivity index (χ1) is 17.8. The Labute approximate surface area is 216 Å². The molecule has 1 saturated heterocycles. The molecule has 13 heteroatoms. The van der Waals surface area contributed by atoms with Gasteiger partial charge in [-0.15, -0.1) is 0 Å². The largest absolute Gasteiger partial charge is 0.444 e. The maximum Gasteiger partial charge on any atom is 0.419 e. The smallest absolute Gasteiger partial charge is 0.419 e. The summed E-state index contributed by atoms with van der Waals surface area (Å²) in [7, 11) is 0. The zero-order valence-electron chi connectivity index (χ0n) is 21.2. The van der Waals surface area contributed by atoms with Gasteiger partial charge in [0.1, 0.15) is 23.7 Å². The van der Waals surface area contributed by atoms with Crippen LogP contribution in [-0.4, -0.2) is 62.7 Å². The molecule has 3 N–H and O–H groups in total. The standard InChI is InChI=1S/C25H29F3N6O4/c1-24(2,3)38-23(36)33-8-6-17(7-9-33)37-14-21(35)32-19-13-34-12-15(4-5-20(34)31-19)16-10-18(25(26,27)28)22(29)30-11-16/h4-5,10-13,17H,6-9,14H2,1-3H3,(H2,29,30)(H,32,35). The number of alkyl halides is 3. The minimum absolute atomic E-state index is 0.168. The number of carbonyl (C=O) groups is 2. The highest BCUT2D eigenvalue weighted by Gasteiger charge is 2.34. The van der Waals surface area contributed by atoms with E-state index in [0.29, 0.717) is 37.1 Å². The van der Waals surface area contributed by atoms with Gasteiger partial charge in [-0.2, -0.15) is 13.2 Å². The summed E-state index contributed by atoms with van der Waals surface area (Å²) in [4.78, 5) is 34.2. The number of halogens is 3. The van der Waals surface area contributed by atoms with Gasteiger partial charge >= 0.3 is 12.3 Å². The van der Waals surface area contributed by atoms with Gasteiger partial charge in [-0.3, -0.25) is 4.79 Å². The molecule has 10 nitrogen and oxygen atoms in total. The average Bonchev–Trinajstić information content (AvgIpc) is 3.23. The Morgan fingerprint density at radius 3 is 2.50 bits per heavy atom. The second-order valence-corrected chi connectivity index (χ2v) is 9.99. The molecule has 204 valence electrons. The molecule has 0 atom stereocenters. The number of ether oxygens (including phenoxy) is 2. The Hall–Kier alpha value is -3.87. The first-order valence-corrected chi connectivity index (χ1v) is 12.0. The third-order valence-corrected chi connectivity index (χ3v) is 5.82.